The van der Waals surface area contributed by atoms with E-state index in [0.717, 1.165) is 0 Å². The van der Waals surface area contributed by atoms with Gasteiger partial charge in [0.1, 0.15) is 6.04 Å². The van der Waals surface area contributed by atoms with Crippen LogP contribution in [0.1, 0.15) is 18.7 Å². The summed E-state index contributed by atoms with van der Waals surface area (Å²) in [5.41, 5.74) is 0.424. The molecule has 7 heteroatoms. The highest BCUT2D eigenvalue weighted by atomic mass is 32.1. The van der Waals surface area contributed by atoms with E-state index in [-0.39, 0.29) is 6.42 Å². The number of thiazole rings is 1. The molecule has 1 aromatic rings. The molecule has 0 amide bonds. The summed E-state index contributed by atoms with van der Waals surface area (Å²) in [5.74, 6) is -2.04. The zero-order chi connectivity index (χ0) is 11.6. The quantitative estimate of drug-likeness (QED) is 0.789. The number of hydrogen-bond donors (Lipinski definition) is 2. The van der Waals surface area contributed by atoms with Crippen molar-refractivity contribution >= 4 is 35.5 Å². The third-order valence-corrected chi connectivity index (χ3v) is 3.15. The number of hydrogen-bond acceptors (Lipinski definition) is 4. The van der Waals surface area contributed by atoms with Crippen LogP contribution in [0.4, 0.5) is 0 Å². The summed E-state index contributed by atoms with van der Waals surface area (Å²) in [6.45, 7) is 1.47. The second-order valence-electron chi connectivity index (χ2n) is 2.95. The van der Waals surface area contributed by atoms with E-state index in [4.69, 9.17) is 22.4 Å². The normalized spacial score (nSPS) is 12.3. The van der Waals surface area contributed by atoms with Crippen LogP contribution < -0.4 is 0 Å². The number of nitrogens with zero attached hydrogens (tertiary/aromatic N) is 1. The molecule has 1 atom stereocenters. The second kappa shape index (κ2) is 4.54. The predicted molar refractivity (Wildman–Crippen MR) is 56.8 cm³/mol. The van der Waals surface area contributed by atoms with Crippen molar-refractivity contribution in [1.29, 1.82) is 0 Å². The minimum absolute atomic E-state index is 0.218. The summed E-state index contributed by atoms with van der Waals surface area (Å²) in [6, 6.07) is -0.835. The number of aromatic nitrogens is 1. The van der Waals surface area contributed by atoms with Crippen molar-refractivity contribution < 1.29 is 19.8 Å². The summed E-state index contributed by atoms with van der Waals surface area (Å²) in [6.07, 6.45) is -0.218. The number of carbonyl (C=O) groups is 2. The van der Waals surface area contributed by atoms with E-state index in [1.165, 1.54) is 22.8 Å². The highest BCUT2D eigenvalue weighted by Crippen LogP contribution is 2.18. The van der Waals surface area contributed by atoms with Crippen LogP contribution in [-0.4, -0.2) is 26.7 Å². The first-order valence-electron chi connectivity index (χ1n) is 4.07. The van der Waals surface area contributed by atoms with Crippen LogP contribution in [0.3, 0.4) is 0 Å². The summed E-state index contributed by atoms with van der Waals surface area (Å²) in [7, 11) is 0. The minimum atomic E-state index is -1.03. The minimum Gasteiger partial charge on any atom is -0.481 e. The van der Waals surface area contributed by atoms with Crippen molar-refractivity contribution in [3.63, 3.8) is 0 Å². The van der Waals surface area contributed by atoms with Gasteiger partial charge in [0.15, 0.2) is 3.95 Å². The van der Waals surface area contributed by atoms with E-state index >= 15 is 0 Å². The molecular formula is C8H9NO4S2. The first-order valence-corrected chi connectivity index (χ1v) is 5.35. The van der Waals surface area contributed by atoms with Gasteiger partial charge in [-0.2, -0.15) is 0 Å². The molecule has 1 rings (SSSR count). The van der Waals surface area contributed by atoms with E-state index in [2.05, 4.69) is 0 Å². The number of aliphatic carboxylic acids is 2. The van der Waals surface area contributed by atoms with Crippen LogP contribution in [0.2, 0.25) is 0 Å². The van der Waals surface area contributed by atoms with Crippen LogP contribution >= 0.6 is 23.6 Å². The lowest BCUT2D eigenvalue weighted by Crippen LogP contribution is -2.19. The van der Waals surface area contributed by atoms with Gasteiger partial charge >= 0.3 is 11.9 Å². The summed E-state index contributed by atoms with van der Waals surface area (Å²) < 4.78 is 1.73. The third-order valence-electron chi connectivity index (χ3n) is 1.88. The van der Waals surface area contributed by atoms with Crippen LogP contribution in [0.15, 0.2) is 5.38 Å². The zero-order valence-corrected chi connectivity index (χ0v) is 9.47. The van der Waals surface area contributed by atoms with E-state index in [9.17, 15) is 9.59 Å². The van der Waals surface area contributed by atoms with Crippen LogP contribution in [0.5, 0.6) is 0 Å². The molecule has 1 unspecified atom stereocenters. The lowest BCUT2D eigenvalue weighted by Gasteiger charge is -2.11. The van der Waals surface area contributed by atoms with Gasteiger partial charge in [0.2, 0.25) is 0 Å². The van der Waals surface area contributed by atoms with Gasteiger partial charge in [-0.05, 0) is 19.1 Å². The molecule has 0 aromatic carbocycles. The molecule has 1 aromatic heterocycles. The number of carboxylic acids is 2. The van der Waals surface area contributed by atoms with Crippen molar-refractivity contribution in [3.8, 4) is 0 Å². The Hall–Kier alpha value is -1.21. The Morgan fingerprint density at radius 2 is 2.20 bits per heavy atom. The first-order chi connectivity index (χ1) is 6.93. The molecule has 82 valence electrons. The van der Waals surface area contributed by atoms with Gasteiger partial charge in [-0.1, -0.05) is 0 Å². The first kappa shape index (κ1) is 11.9. The topological polar surface area (TPSA) is 79.5 Å². The van der Waals surface area contributed by atoms with Crippen LogP contribution in [-0.2, 0) is 16.0 Å². The molecule has 0 spiro atoms. The van der Waals surface area contributed by atoms with E-state index in [1.54, 1.807) is 5.38 Å². The molecule has 0 radical (unpaired) electrons. The van der Waals surface area contributed by atoms with Gasteiger partial charge in [0.25, 0.3) is 0 Å². The fourth-order valence-corrected chi connectivity index (χ4v) is 2.39. The van der Waals surface area contributed by atoms with Gasteiger partial charge in [0, 0.05) is 11.1 Å². The Morgan fingerprint density at radius 3 is 2.67 bits per heavy atom. The largest absolute Gasteiger partial charge is 0.481 e. The van der Waals surface area contributed by atoms with Crippen molar-refractivity contribution in [3.05, 3.63) is 15.0 Å². The van der Waals surface area contributed by atoms with E-state index < -0.39 is 18.0 Å². The number of carboxylic acid groups (broad SMARTS) is 2. The molecule has 0 aliphatic carbocycles. The molecule has 0 aliphatic rings. The van der Waals surface area contributed by atoms with Gasteiger partial charge in [-0.25, -0.2) is 4.79 Å². The molecule has 15 heavy (non-hydrogen) atoms. The predicted octanol–water partition coefficient (Wildman–Crippen LogP) is 1.55. The average Bonchev–Trinajstić information content (AvgIpc) is 2.45. The standard InChI is InChI=1S/C8H9NO4S2/c1-4(7(12)13)9-5(2-6(10)11)3-15-8(9)14/h3-4H,2H2,1H3,(H,10,11)(H,12,13). The maximum absolute atomic E-state index is 10.8. The van der Waals surface area contributed by atoms with Crippen molar-refractivity contribution in [2.45, 2.75) is 19.4 Å². The van der Waals surface area contributed by atoms with E-state index in [1.807, 2.05) is 0 Å². The average molecular weight is 247 g/mol. The van der Waals surface area contributed by atoms with Crippen molar-refractivity contribution in [1.82, 2.24) is 4.57 Å². The Balaban J connectivity index is 3.15. The third kappa shape index (κ3) is 2.63. The Morgan fingerprint density at radius 1 is 1.60 bits per heavy atom. The molecule has 1 heterocycles. The van der Waals surface area contributed by atoms with Gasteiger partial charge in [-0.15, -0.1) is 11.3 Å². The van der Waals surface area contributed by atoms with Gasteiger partial charge in [0.05, 0.1) is 6.42 Å². The SMILES string of the molecule is CC(C(=O)O)n1c(CC(=O)O)csc1=S. The highest BCUT2D eigenvalue weighted by molar-refractivity contribution is 7.73. The summed E-state index contributed by atoms with van der Waals surface area (Å²) in [5, 5.41) is 19.0. The van der Waals surface area contributed by atoms with Crippen molar-refractivity contribution in [2.75, 3.05) is 0 Å². The summed E-state index contributed by atoms with van der Waals surface area (Å²) in [4.78, 5) is 21.3. The Kier molecular flexibility index (Phi) is 3.59. The van der Waals surface area contributed by atoms with Crippen LogP contribution in [0, 0.1) is 3.95 Å². The fourth-order valence-electron chi connectivity index (χ4n) is 1.15. The monoisotopic (exact) mass is 247 g/mol. The Labute approximate surface area is 94.6 Å². The maximum Gasteiger partial charge on any atom is 0.326 e. The highest BCUT2D eigenvalue weighted by Gasteiger charge is 2.18. The molecule has 2 N–H and O–H groups in total. The van der Waals surface area contributed by atoms with Crippen molar-refractivity contribution in [2.24, 2.45) is 0 Å². The fraction of sp³-hybridized carbons (Fsp3) is 0.375. The molecule has 0 aliphatic heterocycles. The molecule has 0 saturated carbocycles. The smallest absolute Gasteiger partial charge is 0.326 e. The lowest BCUT2D eigenvalue weighted by atomic mass is 10.3. The maximum atomic E-state index is 10.8. The molecule has 0 bridgehead atoms. The molecule has 0 saturated heterocycles. The summed E-state index contributed by atoms with van der Waals surface area (Å²) >= 11 is 6.12. The second-order valence-corrected chi connectivity index (χ2v) is 4.45. The number of rotatable bonds is 4. The zero-order valence-electron chi connectivity index (χ0n) is 7.84. The van der Waals surface area contributed by atoms with E-state index in [0.29, 0.717) is 9.65 Å². The van der Waals surface area contributed by atoms with Gasteiger partial charge < -0.3 is 14.8 Å². The molecular weight excluding hydrogens is 238 g/mol. The Bertz CT molecular complexity index is 448. The van der Waals surface area contributed by atoms with Crippen LogP contribution in [0.25, 0.3) is 0 Å². The molecule has 5 nitrogen and oxygen atoms in total. The van der Waals surface area contributed by atoms with Gasteiger partial charge in [-0.3, -0.25) is 4.79 Å². The molecule has 0 fully saturated rings. The lowest BCUT2D eigenvalue weighted by molar-refractivity contribution is -0.141.